The van der Waals surface area contributed by atoms with Gasteiger partial charge in [0.25, 0.3) is 0 Å². The van der Waals surface area contributed by atoms with Gasteiger partial charge < -0.3 is 25.2 Å². The van der Waals surface area contributed by atoms with E-state index in [9.17, 15) is 4.79 Å². The summed E-state index contributed by atoms with van der Waals surface area (Å²) in [6.45, 7) is 10.7. The Morgan fingerprint density at radius 3 is 2.41 bits per heavy atom. The van der Waals surface area contributed by atoms with Crippen molar-refractivity contribution >= 4 is 36.0 Å². The van der Waals surface area contributed by atoms with Gasteiger partial charge in [-0.15, -0.1) is 24.0 Å². The van der Waals surface area contributed by atoms with E-state index >= 15 is 0 Å². The molecule has 2 aliphatic heterocycles. The molecule has 2 aliphatic rings. The number of aliphatic imine (C=N–C) groups is 1. The molecule has 0 radical (unpaired) electrons. The fraction of sp³-hybridized carbons (Fsp3) is 0.895. The normalized spacial score (nSPS) is 20.1. The Hall–Kier alpha value is -0.770. The van der Waals surface area contributed by atoms with Gasteiger partial charge in [0.2, 0.25) is 0 Å². The molecule has 0 spiro atoms. The van der Waals surface area contributed by atoms with Crippen LogP contribution in [0.5, 0.6) is 0 Å². The van der Waals surface area contributed by atoms with Crippen LogP contribution in [0.25, 0.3) is 0 Å². The number of guanidine groups is 1. The van der Waals surface area contributed by atoms with E-state index in [1.165, 1.54) is 25.9 Å². The molecular formula is C19H38IN5O2. The Balaban J connectivity index is 0.00000364. The smallest absolute Gasteiger partial charge is 0.409 e. The Morgan fingerprint density at radius 2 is 1.81 bits per heavy atom. The average Bonchev–Trinajstić information content (AvgIpc) is 2.66. The van der Waals surface area contributed by atoms with Crippen molar-refractivity contribution in [2.45, 2.75) is 52.0 Å². The SMILES string of the molecule is CCOC(=O)N1CCC(NC(=NC)NCCCN2CCC(C)CC2)CC1.I. The summed E-state index contributed by atoms with van der Waals surface area (Å²) in [6, 6.07) is 0.357. The van der Waals surface area contributed by atoms with E-state index in [1.54, 1.807) is 4.90 Å². The van der Waals surface area contributed by atoms with E-state index in [0.29, 0.717) is 12.6 Å². The zero-order chi connectivity index (χ0) is 18.8. The molecule has 2 fully saturated rings. The average molecular weight is 495 g/mol. The largest absolute Gasteiger partial charge is 0.450 e. The minimum atomic E-state index is -0.194. The minimum absolute atomic E-state index is 0. The van der Waals surface area contributed by atoms with Crippen molar-refractivity contribution in [2.24, 2.45) is 10.9 Å². The number of rotatable bonds is 6. The molecule has 0 aromatic carbocycles. The molecule has 0 atom stereocenters. The van der Waals surface area contributed by atoms with Gasteiger partial charge in [-0.1, -0.05) is 6.92 Å². The predicted molar refractivity (Wildman–Crippen MR) is 121 cm³/mol. The second-order valence-corrected chi connectivity index (χ2v) is 7.48. The van der Waals surface area contributed by atoms with Crippen LogP contribution in [0.15, 0.2) is 4.99 Å². The maximum atomic E-state index is 11.7. The highest BCUT2D eigenvalue weighted by Gasteiger charge is 2.24. The summed E-state index contributed by atoms with van der Waals surface area (Å²) >= 11 is 0. The summed E-state index contributed by atoms with van der Waals surface area (Å²) in [7, 11) is 1.81. The van der Waals surface area contributed by atoms with Crippen LogP contribution in [-0.2, 0) is 4.74 Å². The lowest BCUT2D eigenvalue weighted by Crippen LogP contribution is -2.50. The molecule has 2 saturated heterocycles. The van der Waals surface area contributed by atoms with E-state index < -0.39 is 0 Å². The first-order chi connectivity index (χ1) is 12.6. The molecule has 0 aliphatic carbocycles. The summed E-state index contributed by atoms with van der Waals surface area (Å²) in [6.07, 6.45) is 5.45. The number of nitrogens with one attached hydrogen (secondary N) is 2. The van der Waals surface area contributed by atoms with E-state index in [4.69, 9.17) is 4.74 Å². The maximum absolute atomic E-state index is 11.7. The molecule has 0 unspecified atom stereocenters. The first-order valence-corrected chi connectivity index (χ1v) is 10.2. The van der Waals surface area contributed by atoms with Crippen molar-refractivity contribution in [3.05, 3.63) is 0 Å². The van der Waals surface area contributed by atoms with Crippen molar-refractivity contribution in [2.75, 3.05) is 52.9 Å². The van der Waals surface area contributed by atoms with Gasteiger partial charge in [-0.05, 0) is 64.6 Å². The quantitative estimate of drug-likeness (QED) is 0.257. The number of halogens is 1. The van der Waals surface area contributed by atoms with Crippen LogP contribution >= 0.6 is 24.0 Å². The van der Waals surface area contributed by atoms with Crippen molar-refractivity contribution in [3.8, 4) is 0 Å². The Labute approximate surface area is 181 Å². The molecule has 8 heteroatoms. The Kier molecular flexibility index (Phi) is 12.1. The number of carbonyl (C=O) groups is 1. The number of hydrogen-bond donors (Lipinski definition) is 2. The van der Waals surface area contributed by atoms with E-state index in [1.807, 2.05) is 14.0 Å². The molecular weight excluding hydrogens is 457 g/mol. The maximum Gasteiger partial charge on any atom is 0.409 e. The van der Waals surface area contributed by atoms with Gasteiger partial charge in [0.15, 0.2) is 5.96 Å². The molecule has 2 N–H and O–H groups in total. The van der Waals surface area contributed by atoms with Gasteiger partial charge in [0.1, 0.15) is 0 Å². The third-order valence-electron chi connectivity index (χ3n) is 5.41. The van der Waals surface area contributed by atoms with Crippen molar-refractivity contribution in [1.82, 2.24) is 20.4 Å². The van der Waals surface area contributed by atoms with Gasteiger partial charge in [-0.25, -0.2) is 4.79 Å². The summed E-state index contributed by atoms with van der Waals surface area (Å²) in [5, 5.41) is 6.91. The number of carbonyl (C=O) groups excluding carboxylic acids is 1. The fourth-order valence-corrected chi connectivity index (χ4v) is 3.60. The summed E-state index contributed by atoms with van der Waals surface area (Å²) < 4.78 is 5.07. The molecule has 158 valence electrons. The second kappa shape index (κ2) is 13.4. The van der Waals surface area contributed by atoms with Crippen LogP contribution in [0.2, 0.25) is 0 Å². The van der Waals surface area contributed by atoms with Gasteiger partial charge in [-0.2, -0.15) is 0 Å². The number of ether oxygens (including phenoxy) is 1. The Bertz CT molecular complexity index is 447. The molecule has 2 rings (SSSR count). The first kappa shape index (κ1) is 24.3. The zero-order valence-corrected chi connectivity index (χ0v) is 19.5. The van der Waals surface area contributed by atoms with E-state index in [2.05, 4.69) is 27.4 Å². The lowest BCUT2D eigenvalue weighted by molar-refractivity contribution is 0.0963. The second-order valence-electron chi connectivity index (χ2n) is 7.48. The van der Waals surface area contributed by atoms with E-state index in [0.717, 1.165) is 57.3 Å². The van der Waals surface area contributed by atoms with Gasteiger partial charge in [0.05, 0.1) is 6.61 Å². The number of nitrogens with zero attached hydrogens (tertiary/aromatic N) is 3. The number of likely N-dealkylation sites (tertiary alicyclic amines) is 2. The van der Waals surface area contributed by atoms with Crippen LogP contribution in [0.1, 0.15) is 46.0 Å². The molecule has 7 nitrogen and oxygen atoms in total. The monoisotopic (exact) mass is 495 g/mol. The van der Waals surface area contributed by atoms with Crippen LogP contribution in [0.4, 0.5) is 4.79 Å². The fourth-order valence-electron chi connectivity index (χ4n) is 3.60. The standard InChI is InChI=1S/C19H37N5O2.HI/c1-4-26-19(25)24-14-8-17(9-15-24)22-18(20-3)21-10-5-11-23-12-6-16(2)7-13-23;/h16-17H,4-15H2,1-3H3,(H2,20,21,22);1H. The lowest BCUT2D eigenvalue weighted by Gasteiger charge is -2.32. The number of piperidine rings is 2. The van der Waals surface area contributed by atoms with Crippen molar-refractivity contribution in [1.29, 1.82) is 0 Å². The van der Waals surface area contributed by atoms with Crippen LogP contribution in [-0.4, -0.2) is 80.8 Å². The van der Waals surface area contributed by atoms with Crippen LogP contribution in [0, 0.1) is 5.92 Å². The topological polar surface area (TPSA) is 69.2 Å². The molecule has 0 saturated carbocycles. The number of hydrogen-bond acceptors (Lipinski definition) is 4. The summed E-state index contributed by atoms with van der Waals surface area (Å²) in [5.41, 5.74) is 0. The molecule has 0 bridgehead atoms. The highest BCUT2D eigenvalue weighted by atomic mass is 127. The Morgan fingerprint density at radius 1 is 1.15 bits per heavy atom. The van der Waals surface area contributed by atoms with Gasteiger partial charge >= 0.3 is 6.09 Å². The summed E-state index contributed by atoms with van der Waals surface area (Å²) in [4.78, 5) is 20.4. The molecule has 1 amide bonds. The van der Waals surface area contributed by atoms with Crippen molar-refractivity contribution < 1.29 is 9.53 Å². The van der Waals surface area contributed by atoms with E-state index in [-0.39, 0.29) is 30.1 Å². The molecule has 0 aromatic heterocycles. The molecule has 27 heavy (non-hydrogen) atoms. The predicted octanol–water partition coefficient (Wildman–Crippen LogP) is 2.51. The zero-order valence-electron chi connectivity index (χ0n) is 17.2. The highest BCUT2D eigenvalue weighted by Crippen LogP contribution is 2.15. The third-order valence-corrected chi connectivity index (χ3v) is 5.41. The summed E-state index contributed by atoms with van der Waals surface area (Å²) in [5.74, 6) is 1.76. The number of amides is 1. The van der Waals surface area contributed by atoms with Crippen molar-refractivity contribution in [3.63, 3.8) is 0 Å². The van der Waals surface area contributed by atoms with Crippen LogP contribution < -0.4 is 10.6 Å². The third kappa shape index (κ3) is 8.85. The molecule has 0 aromatic rings. The van der Waals surface area contributed by atoms with Crippen LogP contribution in [0.3, 0.4) is 0 Å². The minimum Gasteiger partial charge on any atom is -0.450 e. The lowest BCUT2D eigenvalue weighted by atomic mass is 9.99. The highest BCUT2D eigenvalue weighted by molar-refractivity contribution is 14.0. The first-order valence-electron chi connectivity index (χ1n) is 10.2. The molecule has 2 heterocycles. The van der Waals surface area contributed by atoms with Gasteiger partial charge in [-0.3, -0.25) is 4.99 Å². The van der Waals surface area contributed by atoms with Gasteiger partial charge in [0, 0.05) is 32.7 Å².